The van der Waals surface area contributed by atoms with Gasteiger partial charge in [-0.05, 0) is 44.9 Å². The summed E-state index contributed by atoms with van der Waals surface area (Å²) in [6.07, 6.45) is 6.08. The molecular weight excluding hydrogens is 280 g/mol. The largest absolute Gasteiger partial charge is 0.390 e. The minimum Gasteiger partial charge on any atom is -0.390 e. The zero-order chi connectivity index (χ0) is 16.2. The van der Waals surface area contributed by atoms with Crippen molar-refractivity contribution < 1.29 is 9.90 Å². The number of aliphatic hydroxyl groups is 1. The van der Waals surface area contributed by atoms with Crippen molar-refractivity contribution in [3.63, 3.8) is 0 Å². The molecule has 6 nitrogen and oxygen atoms in total. The number of hydrogen-bond acceptors (Lipinski definition) is 3. The lowest BCUT2D eigenvalue weighted by atomic mass is 9.78. The van der Waals surface area contributed by atoms with Crippen molar-refractivity contribution in [2.75, 3.05) is 11.9 Å². The summed E-state index contributed by atoms with van der Waals surface area (Å²) in [5, 5.41) is 19.9. The summed E-state index contributed by atoms with van der Waals surface area (Å²) in [7, 11) is 0. The van der Waals surface area contributed by atoms with E-state index < -0.39 is 5.60 Å². The Balaban J connectivity index is 1.80. The fourth-order valence-electron chi connectivity index (χ4n) is 2.95. The number of nitrogens with one attached hydrogen (secondary N) is 2. The average Bonchev–Trinajstić information content (AvgIpc) is 2.84. The second kappa shape index (κ2) is 7.13. The Morgan fingerprint density at radius 3 is 2.77 bits per heavy atom. The van der Waals surface area contributed by atoms with Crippen LogP contribution in [0.3, 0.4) is 0 Å². The van der Waals surface area contributed by atoms with Gasteiger partial charge in [0.1, 0.15) is 5.82 Å². The molecule has 2 amide bonds. The van der Waals surface area contributed by atoms with Gasteiger partial charge in [0.25, 0.3) is 0 Å². The smallest absolute Gasteiger partial charge is 0.320 e. The normalized spacial score (nSPS) is 17.9. The summed E-state index contributed by atoms with van der Waals surface area (Å²) in [6, 6.07) is 1.79. The lowest BCUT2D eigenvalue weighted by molar-refractivity contribution is -0.0388. The molecule has 1 heterocycles. The Kier molecular flexibility index (Phi) is 5.45. The molecule has 1 saturated carbocycles. The molecule has 0 radical (unpaired) electrons. The van der Waals surface area contributed by atoms with Gasteiger partial charge < -0.3 is 10.4 Å². The lowest BCUT2D eigenvalue weighted by Gasteiger charge is -2.36. The average molecular weight is 308 g/mol. The van der Waals surface area contributed by atoms with Crippen LogP contribution >= 0.6 is 0 Å². The molecule has 1 atom stereocenters. The predicted molar refractivity (Wildman–Crippen MR) is 86.8 cm³/mol. The molecule has 0 unspecified atom stereocenters. The minimum absolute atomic E-state index is 0.237. The monoisotopic (exact) mass is 308 g/mol. The second-order valence-electron chi connectivity index (χ2n) is 6.85. The van der Waals surface area contributed by atoms with Crippen LogP contribution in [0.2, 0.25) is 0 Å². The van der Waals surface area contributed by atoms with Crippen LogP contribution in [0.5, 0.6) is 0 Å². The number of nitrogens with zero attached hydrogens (tertiary/aromatic N) is 2. The minimum atomic E-state index is -0.555. The first-order valence-corrected chi connectivity index (χ1v) is 8.20. The molecule has 0 aromatic carbocycles. The molecule has 0 spiro atoms. The Labute approximate surface area is 132 Å². The Morgan fingerprint density at radius 1 is 1.45 bits per heavy atom. The van der Waals surface area contributed by atoms with E-state index >= 15 is 0 Å². The van der Waals surface area contributed by atoms with E-state index in [1.807, 2.05) is 4.68 Å². The van der Waals surface area contributed by atoms with Crippen LogP contribution in [-0.2, 0) is 0 Å². The van der Waals surface area contributed by atoms with E-state index in [1.165, 1.54) is 0 Å². The maximum Gasteiger partial charge on any atom is 0.320 e. The third-order valence-electron chi connectivity index (χ3n) is 4.30. The van der Waals surface area contributed by atoms with Crippen molar-refractivity contribution in [2.24, 2.45) is 5.92 Å². The van der Waals surface area contributed by atoms with E-state index in [4.69, 9.17) is 0 Å². The molecule has 2 rings (SSSR count). The molecule has 0 saturated heterocycles. The highest BCUT2D eigenvalue weighted by atomic mass is 16.3. The SMILES string of the molecule is CC(C)C[C@@H](C)n1nccc1NC(=O)NCCC1(O)CCC1. The van der Waals surface area contributed by atoms with Crippen molar-refractivity contribution >= 4 is 11.8 Å². The molecule has 1 aliphatic carbocycles. The number of urea groups is 1. The number of amides is 2. The van der Waals surface area contributed by atoms with Crippen LogP contribution in [-0.4, -0.2) is 33.1 Å². The van der Waals surface area contributed by atoms with Gasteiger partial charge in [-0.2, -0.15) is 5.10 Å². The van der Waals surface area contributed by atoms with Gasteiger partial charge in [0.15, 0.2) is 0 Å². The molecule has 0 aliphatic heterocycles. The van der Waals surface area contributed by atoms with E-state index in [2.05, 4.69) is 36.5 Å². The molecule has 0 bridgehead atoms. The quantitative estimate of drug-likeness (QED) is 0.724. The summed E-state index contributed by atoms with van der Waals surface area (Å²) in [5.74, 6) is 1.28. The number of rotatable bonds is 7. The van der Waals surface area contributed by atoms with Gasteiger partial charge in [0, 0.05) is 12.6 Å². The van der Waals surface area contributed by atoms with Gasteiger partial charge in [-0.1, -0.05) is 13.8 Å². The van der Waals surface area contributed by atoms with Crippen molar-refractivity contribution in [3.05, 3.63) is 12.3 Å². The van der Waals surface area contributed by atoms with Gasteiger partial charge in [-0.3, -0.25) is 5.32 Å². The lowest BCUT2D eigenvalue weighted by Crippen LogP contribution is -2.41. The molecule has 124 valence electrons. The van der Waals surface area contributed by atoms with E-state index in [-0.39, 0.29) is 12.1 Å². The first-order chi connectivity index (χ1) is 10.4. The fourth-order valence-corrected chi connectivity index (χ4v) is 2.95. The maximum atomic E-state index is 12.0. The van der Waals surface area contributed by atoms with Crippen molar-refractivity contribution in [2.45, 2.75) is 64.5 Å². The van der Waals surface area contributed by atoms with Crippen LogP contribution in [0.1, 0.15) is 58.9 Å². The van der Waals surface area contributed by atoms with Crippen LogP contribution in [0, 0.1) is 5.92 Å². The number of aromatic nitrogens is 2. The molecule has 1 aromatic rings. The summed E-state index contributed by atoms with van der Waals surface area (Å²) in [6.45, 7) is 6.93. The van der Waals surface area contributed by atoms with Crippen LogP contribution < -0.4 is 10.6 Å². The maximum absolute atomic E-state index is 12.0. The van der Waals surface area contributed by atoms with Crippen LogP contribution in [0.4, 0.5) is 10.6 Å². The molecule has 3 N–H and O–H groups in total. The standard InChI is InChI=1S/C16H28N4O2/c1-12(2)11-13(3)20-14(5-9-18-20)19-15(21)17-10-8-16(22)6-4-7-16/h5,9,12-13,22H,4,6-8,10-11H2,1-3H3,(H2,17,19,21)/t13-/m1/s1. The highest BCUT2D eigenvalue weighted by Gasteiger charge is 2.33. The van der Waals surface area contributed by atoms with Crippen molar-refractivity contribution in [3.8, 4) is 0 Å². The first kappa shape index (κ1) is 16.8. The summed E-state index contributed by atoms with van der Waals surface area (Å²) >= 11 is 0. The van der Waals surface area contributed by atoms with Gasteiger partial charge in [-0.15, -0.1) is 0 Å². The zero-order valence-corrected chi connectivity index (χ0v) is 13.8. The molecule has 6 heteroatoms. The molecule has 1 aromatic heterocycles. The van der Waals surface area contributed by atoms with Gasteiger partial charge >= 0.3 is 6.03 Å². The van der Waals surface area contributed by atoms with E-state index in [1.54, 1.807) is 12.3 Å². The topological polar surface area (TPSA) is 79.2 Å². The summed E-state index contributed by atoms with van der Waals surface area (Å²) in [5.41, 5.74) is -0.555. The second-order valence-corrected chi connectivity index (χ2v) is 6.85. The molecular formula is C16H28N4O2. The Bertz CT molecular complexity index is 494. The predicted octanol–water partition coefficient (Wildman–Crippen LogP) is 2.92. The van der Waals surface area contributed by atoms with Crippen LogP contribution in [0.15, 0.2) is 12.3 Å². The van der Waals surface area contributed by atoms with Crippen molar-refractivity contribution in [1.29, 1.82) is 0 Å². The highest BCUT2D eigenvalue weighted by molar-refractivity contribution is 5.88. The number of carbonyl (C=O) groups is 1. The van der Waals surface area contributed by atoms with Crippen molar-refractivity contribution in [1.82, 2.24) is 15.1 Å². The number of anilines is 1. The van der Waals surface area contributed by atoms with Gasteiger partial charge in [-0.25, -0.2) is 9.48 Å². The molecule has 22 heavy (non-hydrogen) atoms. The summed E-state index contributed by atoms with van der Waals surface area (Å²) in [4.78, 5) is 12.0. The Hall–Kier alpha value is -1.56. The van der Waals surface area contributed by atoms with E-state index in [9.17, 15) is 9.90 Å². The number of carbonyl (C=O) groups excluding carboxylic acids is 1. The third-order valence-corrected chi connectivity index (χ3v) is 4.30. The zero-order valence-electron chi connectivity index (χ0n) is 13.8. The van der Waals surface area contributed by atoms with Crippen LogP contribution in [0.25, 0.3) is 0 Å². The first-order valence-electron chi connectivity index (χ1n) is 8.20. The van der Waals surface area contributed by atoms with E-state index in [0.29, 0.717) is 24.7 Å². The highest BCUT2D eigenvalue weighted by Crippen LogP contribution is 2.34. The molecule has 1 fully saturated rings. The van der Waals surface area contributed by atoms with Gasteiger partial charge in [0.2, 0.25) is 0 Å². The third kappa shape index (κ3) is 4.47. The molecule has 1 aliphatic rings. The van der Waals surface area contributed by atoms with E-state index in [0.717, 1.165) is 25.7 Å². The Morgan fingerprint density at radius 2 is 2.18 bits per heavy atom. The number of hydrogen-bond donors (Lipinski definition) is 3. The summed E-state index contributed by atoms with van der Waals surface area (Å²) < 4.78 is 1.85. The fraction of sp³-hybridized carbons (Fsp3) is 0.750. The van der Waals surface area contributed by atoms with Gasteiger partial charge in [0.05, 0.1) is 17.8 Å².